The summed E-state index contributed by atoms with van der Waals surface area (Å²) in [6.07, 6.45) is 3.82. The summed E-state index contributed by atoms with van der Waals surface area (Å²) >= 11 is 3.42. The summed E-state index contributed by atoms with van der Waals surface area (Å²) in [6, 6.07) is 15.1. The van der Waals surface area contributed by atoms with Crippen molar-refractivity contribution in [1.29, 1.82) is 0 Å². The average Bonchev–Trinajstić information content (AvgIpc) is 3.39. The van der Waals surface area contributed by atoms with E-state index >= 15 is 0 Å². The summed E-state index contributed by atoms with van der Waals surface area (Å²) in [4.78, 5) is 17.1. The highest BCUT2D eigenvalue weighted by atomic mass is 79.9. The molecule has 0 bridgehead atoms. The van der Waals surface area contributed by atoms with E-state index < -0.39 is 0 Å². The van der Waals surface area contributed by atoms with Gasteiger partial charge in [-0.25, -0.2) is 4.98 Å². The second-order valence-electron chi connectivity index (χ2n) is 6.43. The lowest BCUT2D eigenvalue weighted by atomic mass is 10.1. The Morgan fingerprint density at radius 1 is 1.19 bits per heavy atom. The molecule has 3 aromatic rings. The third-order valence-corrected chi connectivity index (χ3v) is 5.08. The molecule has 0 saturated carbocycles. The van der Waals surface area contributed by atoms with Gasteiger partial charge in [-0.05, 0) is 37.1 Å². The Kier molecular flexibility index (Phi) is 5.36. The van der Waals surface area contributed by atoms with Gasteiger partial charge in [0.1, 0.15) is 0 Å². The van der Waals surface area contributed by atoms with Crippen molar-refractivity contribution in [3.05, 3.63) is 64.8 Å². The fourth-order valence-corrected chi connectivity index (χ4v) is 3.39. The minimum Gasteiger partial charge on any atom is -0.436 e. The quantitative estimate of drug-likeness (QED) is 0.642. The number of carbonyl (C=O) groups is 1. The number of ether oxygens (including phenoxy) is 1. The predicted octanol–water partition coefficient (Wildman–Crippen LogP) is 4.68. The van der Waals surface area contributed by atoms with Gasteiger partial charge in [-0.15, -0.1) is 0 Å². The van der Waals surface area contributed by atoms with Crippen LogP contribution >= 0.6 is 15.9 Å². The summed E-state index contributed by atoms with van der Waals surface area (Å²) < 4.78 is 12.5. The van der Waals surface area contributed by atoms with Crippen LogP contribution in [0.3, 0.4) is 0 Å². The summed E-state index contributed by atoms with van der Waals surface area (Å²) in [6.45, 7) is 1.29. The topological polar surface area (TPSA) is 64.4 Å². The van der Waals surface area contributed by atoms with Crippen LogP contribution in [0, 0.1) is 0 Å². The van der Waals surface area contributed by atoms with Gasteiger partial charge in [-0.1, -0.05) is 40.2 Å². The summed E-state index contributed by atoms with van der Waals surface area (Å²) in [5, 5.41) is 2.96. The van der Waals surface area contributed by atoms with Crippen LogP contribution in [-0.2, 0) is 4.74 Å². The molecule has 0 spiro atoms. The van der Waals surface area contributed by atoms with Crippen molar-refractivity contribution in [3.8, 4) is 22.8 Å². The molecule has 0 aliphatic carbocycles. The standard InChI is InChI=1S/C21H19BrN2O3/c22-15-9-7-14(8-10-15)19-13-24-21(27-19)18-6-2-1-5-17(18)20(25)23-12-16-4-3-11-26-16/h1-2,5-10,13,16H,3-4,11-12H2,(H,23,25)/t16-/m0/s1. The highest BCUT2D eigenvalue weighted by Crippen LogP contribution is 2.29. The first-order valence-electron chi connectivity index (χ1n) is 8.91. The molecule has 1 fully saturated rings. The molecule has 2 aromatic carbocycles. The van der Waals surface area contributed by atoms with E-state index in [9.17, 15) is 4.79 Å². The Hall–Kier alpha value is -2.44. The number of oxazole rings is 1. The molecular formula is C21H19BrN2O3. The zero-order valence-corrected chi connectivity index (χ0v) is 16.2. The van der Waals surface area contributed by atoms with Gasteiger partial charge in [0.2, 0.25) is 5.89 Å². The van der Waals surface area contributed by atoms with Crippen molar-refractivity contribution in [2.45, 2.75) is 18.9 Å². The predicted molar refractivity (Wildman–Crippen MR) is 106 cm³/mol. The van der Waals surface area contributed by atoms with Crippen LogP contribution in [0.2, 0.25) is 0 Å². The Balaban J connectivity index is 1.55. The monoisotopic (exact) mass is 426 g/mol. The summed E-state index contributed by atoms with van der Waals surface area (Å²) in [7, 11) is 0. The van der Waals surface area contributed by atoms with E-state index in [4.69, 9.17) is 9.15 Å². The number of hydrogen-bond donors (Lipinski definition) is 1. The lowest BCUT2D eigenvalue weighted by molar-refractivity contribution is 0.0858. The molecule has 1 aliphatic heterocycles. The van der Waals surface area contributed by atoms with Crippen LogP contribution in [0.25, 0.3) is 22.8 Å². The van der Waals surface area contributed by atoms with E-state index in [1.807, 2.05) is 42.5 Å². The normalized spacial score (nSPS) is 16.4. The minimum atomic E-state index is -0.149. The largest absolute Gasteiger partial charge is 0.436 e. The molecule has 138 valence electrons. The first-order valence-corrected chi connectivity index (χ1v) is 9.71. The van der Waals surface area contributed by atoms with Crippen LogP contribution in [0.5, 0.6) is 0 Å². The van der Waals surface area contributed by atoms with E-state index in [0.717, 1.165) is 29.5 Å². The highest BCUT2D eigenvalue weighted by Gasteiger charge is 2.20. The smallest absolute Gasteiger partial charge is 0.252 e. The summed E-state index contributed by atoms with van der Waals surface area (Å²) in [5.74, 6) is 0.937. The third-order valence-electron chi connectivity index (χ3n) is 4.55. The first-order chi connectivity index (χ1) is 13.2. The number of benzene rings is 2. The van der Waals surface area contributed by atoms with Crippen LogP contribution in [0.4, 0.5) is 0 Å². The van der Waals surface area contributed by atoms with Gasteiger partial charge in [-0.2, -0.15) is 0 Å². The lowest BCUT2D eigenvalue weighted by Gasteiger charge is -2.12. The maximum absolute atomic E-state index is 12.7. The molecule has 6 heteroatoms. The van der Waals surface area contributed by atoms with Gasteiger partial charge in [0.25, 0.3) is 5.91 Å². The molecule has 1 N–H and O–H groups in total. The number of amides is 1. The minimum absolute atomic E-state index is 0.104. The average molecular weight is 427 g/mol. The van der Waals surface area contributed by atoms with E-state index in [0.29, 0.717) is 29.3 Å². The lowest BCUT2D eigenvalue weighted by Crippen LogP contribution is -2.32. The number of halogens is 1. The highest BCUT2D eigenvalue weighted by molar-refractivity contribution is 9.10. The fourth-order valence-electron chi connectivity index (χ4n) is 3.12. The Labute approximate surface area is 165 Å². The number of carbonyl (C=O) groups excluding carboxylic acids is 1. The van der Waals surface area contributed by atoms with Crippen molar-refractivity contribution < 1.29 is 13.9 Å². The molecule has 27 heavy (non-hydrogen) atoms. The van der Waals surface area contributed by atoms with Crippen molar-refractivity contribution >= 4 is 21.8 Å². The van der Waals surface area contributed by atoms with E-state index in [1.54, 1.807) is 12.3 Å². The zero-order chi connectivity index (χ0) is 18.6. The molecule has 5 nitrogen and oxygen atoms in total. The van der Waals surface area contributed by atoms with Crippen LogP contribution in [0.15, 0.2) is 63.6 Å². The molecule has 4 rings (SSSR count). The Morgan fingerprint density at radius 2 is 2.00 bits per heavy atom. The van der Waals surface area contributed by atoms with Crippen LogP contribution in [-0.4, -0.2) is 30.1 Å². The number of nitrogens with zero attached hydrogens (tertiary/aromatic N) is 1. The second-order valence-corrected chi connectivity index (χ2v) is 7.34. The molecule has 0 unspecified atom stereocenters. The van der Waals surface area contributed by atoms with E-state index in [-0.39, 0.29) is 12.0 Å². The molecule has 0 radical (unpaired) electrons. The third kappa shape index (κ3) is 4.12. The first kappa shape index (κ1) is 17.9. The molecular weight excluding hydrogens is 408 g/mol. The van der Waals surface area contributed by atoms with Gasteiger partial charge < -0.3 is 14.5 Å². The van der Waals surface area contributed by atoms with Crippen molar-refractivity contribution in [1.82, 2.24) is 10.3 Å². The summed E-state index contributed by atoms with van der Waals surface area (Å²) in [5.41, 5.74) is 2.14. The maximum atomic E-state index is 12.7. The second kappa shape index (κ2) is 8.06. The fraction of sp³-hybridized carbons (Fsp3) is 0.238. The van der Waals surface area contributed by atoms with Crippen molar-refractivity contribution in [3.63, 3.8) is 0 Å². The molecule has 1 aliphatic rings. The van der Waals surface area contributed by atoms with Gasteiger partial charge in [0, 0.05) is 28.8 Å². The molecule has 1 amide bonds. The number of hydrogen-bond acceptors (Lipinski definition) is 4. The molecule has 2 heterocycles. The van der Waals surface area contributed by atoms with Crippen LogP contribution < -0.4 is 5.32 Å². The number of rotatable bonds is 5. The Bertz CT molecular complexity index is 931. The molecule has 1 atom stereocenters. The van der Waals surface area contributed by atoms with Gasteiger partial charge >= 0.3 is 0 Å². The van der Waals surface area contributed by atoms with Gasteiger partial charge in [0.05, 0.1) is 17.9 Å². The Morgan fingerprint density at radius 3 is 2.78 bits per heavy atom. The van der Waals surface area contributed by atoms with E-state index in [2.05, 4.69) is 26.2 Å². The number of aromatic nitrogens is 1. The zero-order valence-electron chi connectivity index (χ0n) is 14.7. The van der Waals surface area contributed by atoms with Crippen LogP contribution in [0.1, 0.15) is 23.2 Å². The van der Waals surface area contributed by atoms with E-state index in [1.165, 1.54) is 0 Å². The molecule has 1 aromatic heterocycles. The number of nitrogens with one attached hydrogen (secondary N) is 1. The van der Waals surface area contributed by atoms with Crippen molar-refractivity contribution in [2.24, 2.45) is 0 Å². The van der Waals surface area contributed by atoms with Crippen molar-refractivity contribution in [2.75, 3.05) is 13.2 Å². The van der Waals surface area contributed by atoms with Gasteiger partial charge in [0.15, 0.2) is 5.76 Å². The van der Waals surface area contributed by atoms with Gasteiger partial charge in [-0.3, -0.25) is 4.79 Å². The maximum Gasteiger partial charge on any atom is 0.252 e. The SMILES string of the molecule is O=C(NC[C@@H]1CCCO1)c1ccccc1-c1ncc(-c2ccc(Br)cc2)o1. The molecule has 1 saturated heterocycles.